The van der Waals surface area contributed by atoms with Crippen molar-refractivity contribution in [1.29, 1.82) is 0 Å². The summed E-state index contributed by atoms with van der Waals surface area (Å²) in [5.41, 5.74) is 1.90. The maximum absolute atomic E-state index is 13.2. The minimum absolute atomic E-state index is 0.0982. The van der Waals surface area contributed by atoms with Crippen LogP contribution in [0.2, 0.25) is 0 Å². The van der Waals surface area contributed by atoms with Crippen LogP contribution < -0.4 is 10.3 Å². The highest BCUT2D eigenvalue weighted by Crippen LogP contribution is 2.27. The van der Waals surface area contributed by atoms with Gasteiger partial charge in [0.1, 0.15) is 5.56 Å². The number of amides is 1. The molecule has 0 radical (unpaired) electrons. The molecule has 0 saturated carbocycles. The van der Waals surface area contributed by atoms with Crippen molar-refractivity contribution >= 4 is 5.91 Å². The van der Waals surface area contributed by atoms with E-state index in [0.717, 1.165) is 31.4 Å². The van der Waals surface area contributed by atoms with E-state index in [1.807, 2.05) is 17.0 Å². The van der Waals surface area contributed by atoms with E-state index < -0.39 is 0 Å². The normalized spacial score (nSPS) is 18.1. The summed E-state index contributed by atoms with van der Waals surface area (Å²) >= 11 is 0. The van der Waals surface area contributed by atoms with Gasteiger partial charge in [-0.1, -0.05) is 0 Å². The van der Waals surface area contributed by atoms with Gasteiger partial charge in [-0.15, -0.1) is 0 Å². The third-order valence-electron chi connectivity index (χ3n) is 5.64. The lowest BCUT2D eigenvalue weighted by Gasteiger charge is -2.25. The molecule has 1 unspecified atom stereocenters. The number of likely N-dealkylation sites (tertiary alicyclic amines) is 1. The summed E-state index contributed by atoms with van der Waals surface area (Å²) < 4.78 is 8.89. The fourth-order valence-corrected chi connectivity index (χ4v) is 4.12. The first-order valence-electron chi connectivity index (χ1n) is 10.2. The van der Waals surface area contributed by atoms with E-state index in [9.17, 15) is 9.59 Å². The van der Waals surface area contributed by atoms with E-state index in [2.05, 4.69) is 15.2 Å². The molecule has 5 heterocycles. The lowest BCUT2D eigenvalue weighted by atomic mass is 10.2. The molecule has 0 bridgehead atoms. The lowest BCUT2D eigenvalue weighted by Crippen LogP contribution is -2.40. The summed E-state index contributed by atoms with van der Waals surface area (Å²) in [6.45, 7) is 2.35. The van der Waals surface area contributed by atoms with Gasteiger partial charge in [-0.2, -0.15) is 10.2 Å². The number of rotatable bonds is 4. The van der Waals surface area contributed by atoms with Crippen molar-refractivity contribution in [3.63, 3.8) is 0 Å². The molecule has 1 atom stereocenters. The van der Waals surface area contributed by atoms with Gasteiger partial charge < -0.3 is 9.64 Å². The number of fused-ring (bicyclic) bond motifs is 1. The number of carbonyl (C=O) groups is 1. The second kappa shape index (κ2) is 7.74. The fraction of sp³-hybridized carbons (Fsp3) is 0.381. The van der Waals surface area contributed by atoms with Crippen LogP contribution in [0.25, 0.3) is 11.3 Å². The van der Waals surface area contributed by atoms with Crippen LogP contribution >= 0.6 is 0 Å². The topological polar surface area (TPSA) is 95.1 Å². The van der Waals surface area contributed by atoms with Crippen LogP contribution in [0, 0.1) is 0 Å². The largest absolute Gasteiger partial charge is 0.477 e. The molecule has 2 aliphatic rings. The lowest BCUT2D eigenvalue weighted by molar-refractivity contribution is 0.0713. The molecule has 0 N–H and O–H groups in total. The van der Waals surface area contributed by atoms with Crippen molar-refractivity contribution in [2.75, 3.05) is 13.2 Å². The summed E-state index contributed by atoms with van der Waals surface area (Å²) in [6.07, 6.45) is 7.57. The fourth-order valence-electron chi connectivity index (χ4n) is 4.12. The van der Waals surface area contributed by atoms with Crippen LogP contribution in [0.1, 0.15) is 29.6 Å². The summed E-state index contributed by atoms with van der Waals surface area (Å²) in [6, 6.07) is 6.83. The summed E-state index contributed by atoms with van der Waals surface area (Å²) in [4.78, 5) is 31.5. The monoisotopic (exact) mass is 406 g/mol. The van der Waals surface area contributed by atoms with Crippen LogP contribution in [0.15, 0.2) is 47.7 Å². The van der Waals surface area contributed by atoms with Gasteiger partial charge >= 0.3 is 0 Å². The Kier molecular flexibility index (Phi) is 4.78. The molecule has 9 nitrogen and oxygen atoms in total. The molecule has 1 saturated heterocycles. The Bertz CT molecular complexity index is 1120. The molecule has 30 heavy (non-hydrogen) atoms. The van der Waals surface area contributed by atoms with E-state index in [4.69, 9.17) is 4.74 Å². The Morgan fingerprint density at radius 2 is 2.00 bits per heavy atom. The number of hydrogen-bond acceptors (Lipinski definition) is 6. The van der Waals surface area contributed by atoms with Crippen LogP contribution in [-0.2, 0) is 13.1 Å². The molecule has 0 aliphatic carbocycles. The summed E-state index contributed by atoms with van der Waals surface area (Å²) in [7, 11) is 0. The highest BCUT2D eigenvalue weighted by atomic mass is 16.5. The molecular formula is C21H22N6O3. The predicted molar refractivity (Wildman–Crippen MR) is 108 cm³/mol. The van der Waals surface area contributed by atoms with E-state index in [-0.39, 0.29) is 17.5 Å². The van der Waals surface area contributed by atoms with E-state index in [1.165, 1.54) is 10.7 Å². The van der Waals surface area contributed by atoms with Gasteiger partial charge in [0.05, 0.1) is 31.1 Å². The van der Waals surface area contributed by atoms with Crippen molar-refractivity contribution < 1.29 is 9.53 Å². The second-order valence-corrected chi connectivity index (χ2v) is 7.56. The smallest absolute Gasteiger partial charge is 0.266 e. The van der Waals surface area contributed by atoms with Gasteiger partial charge in [-0.3, -0.25) is 14.6 Å². The first kappa shape index (κ1) is 18.5. The zero-order valence-corrected chi connectivity index (χ0v) is 16.5. The number of hydrogen-bond donors (Lipinski definition) is 0. The average molecular weight is 406 g/mol. The summed E-state index contributed by atoms with van der Waals surface area (Å²) in [5, 5.41) is 8.82. The molecule has 3 aromatic heterocycles. The van der Waals surface area contributed by atoms with Gasteiger partial charge in [0.15, 0.2) is 0 Å². The van der Waals surface area contributed by atoms with Gasteiger partial charge in [-0.25, -0.2) is 9.36 Å². The van der Waals surface area contributed by atoms with Crippen LogP contribution in [0.5, 0.6) is 5.88 Å². The van der Waals surface area contributed by atoms with Crippen molar-refractivity contribution in [2.45, 2.75) is 38.4 Å². The minimum Gasteiger partial charge on any atom is -0.477 e. The summed E-state index contributed by atoms with van der Waals surface area (Å²) in [5.74, 6) is 0.450. The predicted octanol–water partition coefficient (Wildman–Crippen LogP) is 1.59. The molecule has 1 fully saturated rings. The van der Waals surface area contributed by atoms with E-state index in [1.54, 1.807) is 29.3 Å². The van der Waals surface area contributed by atoms with Crippen molar-refractivity contribution in [3.05, 3.63) is 58.8 Å². The maximum atomic E-state index is 13.2. The Balaban J connectivity index is 1.39. The molecule has 0 spiro atoms. The number of pyridine rings is 1. The number of nitrogens with zero attached hydrogens (tertiary/aromatic N) is 6. The molecule has 154 valence electrons. The van der Waals surface area contributed by atoms with Crippen LogP contribution in [0.3, 0.4) is 0 Å². The Morgan fingerprint density at radius 3 is 2.87 bits per heavy atom. The molecule has 9 heteroatoms. The Hall–Kier alpha value is -3.49. The first-order chi connectivity index (χ1) is 14.7. The minimum atomic E-state index is -0.182. The number of ether oxygens (including phenoxy) is 1. The maximum Gasteiger partial charge on any atom is 0.266 e. The van der Waals surface area contributed by atoms with Gasteiger partial charge in [-0.05, 0) is 31.0 Å². The Labute approximate surface area is 172 Å². The number of carbonyl (C=O) groups excluding carboxylic acids is 1. The molecule has 0 aromatic carbocycles. The van der Waals surface area contributed by atoms with Gasteiger partial charge in [0.2, 0.25) is 5.88 Å². The zero-order valence-electron chi connectivity index (χ0n) is 16.5. The van der Waals surface area contributed by atoms with Gasteiger partial charge in [0.25, 0.3) is 11.5 Å². The van der Waals surface area contributed by atoms with Crippen molar-refractivity contribution in [3.8, 4) is 17.1 Å². The SMILES string of the molecule is O=C(c1cnn2c1OCCC2)N1CCCC1Cn1nc(-c2ccncc2)ccc1=O. The third-order valence-corrected chi connectivity index (χ3v) is 5.64. The van der Waals surface area contributed by atoms with Crippen molar-refractivity contribution in [1.82, 2.24) is 29.4 Å². The molecule has 2 aliphatic heterocycles. The molecule has 5 rings (SSSR count). The molecular weight excluding hydrogens is 384 g/mol. The third kappa shape index (κ3) is 3.36. The number of aryl methyl sites for hydroxylation is 1. The van der Waals surface area contributed by atoms with E-state index in [0.29, 0.717) is 36.8 Å². The van der Waals surface area contributed by atoms with Crippen molar-refractivity contribution in [2.24, 2.45) is 0 Å². The average Bonchev–Trinajstić information content (AvgIpc) is 3.42. The standard InChI is InChI=1S/C21H22N6O3/c28-19-5-4-18(15-6-8-22-9-7-15)24-27(19)14-16-3-1-10-25(16)20(29)17-13-23-26-11-2-12-30-21(17)26/h4-9,13,16H,1-3,10-12,14H2. The molecule has 1 amide bonds. The van der Waals surface area contributed by atoms with Gasteiger partial charge in [0, 0.05) is 43.5 Å². The zero-order chi connectivity index (χ0) is 20.5. The van der Waals surface area contributed by atoms with Crippen LogP contribution in [-0.4, -0.2) is 54.5 Å². The Morgan fingerprint density at radius 1 is 1.13 bits per heavy atom. The quantitative estimate of drug-likeness (QED) is 0.653. The molecule has 3 aromatic rings. The van der Waals surface area contributed by atoms with E-state index >= 15 is 0 Å². The van der Waals surface area contributed by atoms with Crippen LogP contribution in [0.4, 0.5) is 0 Å². The highest BCUT2D eigenvalue weighted by molar-refractivity contribution is 5.96. The first-order valence-corrected chi connectivity index (χ1v) is 10.2. The highest BCUT2D eigenvalue weighted by Gasteiger charge is 2.33. The second-order valence-electron chi connectivity index (χ2n) is 7.56. The number of aromatic nitrogens is 5.